The zero-order valence-corrected chi connectivity index (χ0v) is 15.8. The second-order valence-corrected chi connectivity index (χ2v) is 7.45. The predicted molar refractivity (Wildman–Crippen MR) is 99.2 cm³/mol. The van der Waals surface area contributed by atoms with E-state index in [0.717, 1.165) is 12.1 Å². The Kier molecular flexibility index (Phi) is 7.42. The summed E-state index contributed by atoms with van der Waals surface area (Å²) in [5, 5.41) is 5.75. The summed E-state index contributed by atoms with van der Waals surface area (Å²) in [6.45, 7) is 10.5. The minimum Gasteiger partial charge on any atom is -0.350 e. The van der Waals surface area contributed by atoms with Gasteiger partial charge in [-0.15, -0.1) is 0 Å². The zero-order chi connectivity index (χ0) is 18.3. The van der Waals surface area contributed by atoms with Crippen LogP contribution < -0.4 is 10.6 Å². The smallest absolute Gasteiger partial charge is 0.238 e. The molecule has 0 saturated heterocycles. The van der Waals surface area contributed by atoms with Gasteiger partial charge in [-0.3, -0.25) is 14.5 Å². The normalized spacial score (nSPS) is 12.8. The molecule has 1 aromatic rings. The molecule has 5 nitrogen and oxygen atoms in total. The number of nitrogens with one attached hydrogen (secondary N) is 2. The van der Waals surface area contributed by atoms with Crippen molar-refractivity contribution >= 4 is 17.5 Å². The van der Waals surface area contributed by atoms with Crippen molar-refractivity contribution in [2.45, 2.75) is 52.5 Å². The van der Waals surface area contributed by atoms with Crippen molar-refractivity contribution < 1.29 is 9.59 Å². The summed E-state index contributed by atoms with van der Waals surface area (Å²) in [5.74, 6) is 0.301. The first-order valence-corrected chi connectivity index (χ1v) is 8.50. The van der Waals surface area contributed by atoms with Crippen LogP contribution in [0.5, 0.6) is 0 Å². The van der Waals surface area contributed by atoms with Gasteiger partial charge in [0.1, 0.15) is 0 Å². The van der Waals surface area contributed by atoms with Crippen molar-refractivity contribution in [1.29, 1.82) is 0 Å². The van der Waals surface area contributed by atoms with Crippen molar-refractivity contribution in [1.82, 2.24) is 10.2 Å². The van der Waals surface area contributed by atoms with Crippen LogP contribution in [0.2, 0.25) is 0 Å². The van der Waals surface area contributed by atoms with Gasteiger partial charge < -0.3 is 10.6 Å². The maximum atomic E-state index is 12.1. The highest BCUT2D eigenvalue weighted by Crippen LogP contribution is 2.20. The van der Waals surface area contributed by atoms with Gasteiger partial charge in [-0.25, -0.2) is 0 Å². The molecular formula is C19H31N3O2. The number of anilines is 1. The molecular weight excluding hydrogens is 302 g/mol. The summed E-state index contributed by atoms with van der Waals surface area (Å²) in [5.41, 5.74) is 1.78. The van der Waals surface area contributed by atoms with E-state index >= 15 is 0 Å². The van der Waals surface area contributed by atoms with Crippen LogP contribution in [0.25, 0.3) is 0 Å². The number of nitrogens with zero attached hydrogens (tertiary/aromatic N) is 1. The molecule has 1 rings (SSSR count). The van der Waals surface area contributed by atoms with Crippen LogP contribution in [-0.4, -0.2) is 42.4 Å². The minimum absolute atomic E-state index is 0.0873. The number of carbonyl (C=O) groups excluding carboxylic acids is 2. The Morgan fingerprint density at radius 2 is 1.62 bits per heavy atom. The van der Waals surface area contributed by atoms with Crippen molar-refractivity contribution in [3.63, 3.8) is 0 Å². The quantitative estimate of drug-likeness (QED) is 0.806. The Balaban J connectivity index is 2.46. The number of benzene rings is 1. The topological polar surface area (TPSA) is 61.4 Å². The summed E-state index contributed by atoms with van der Waals surface area (Å²) < 4.78 is 0. The van der Waals surface area contributed by atoms with Crippen LogP contribution >= 0.6 is 0 Å². The molecule has 2 N–H and O–H groups in total. The molecule has 0 spiro atoms. The lowest BCUT2D eigenvalue weighted by atomic mass is 9.99. The van der Waals surface area contributed by atoms with Crippen molar-refractivity contribution in [3.8, 4) is 0 Å². The van der Waals surface area contributed by atoms with Crippen LogP contribution in [0, 0.1) is 0 Å². The fraction of sp³-hybridized carbons (Fsp3) is 0.579. The highest BCUT2D eigenvalue weighted by molar-refractivity contribution is 5.92. The maximum absolute atomic E-state index is 12.1. The van der Waals surface area contributed by atoms with Gasteiger partial charge >= 0.3 is 0 Å². The van der Waals surface area contributed by atoms with Gasteiger partial charge in [-0.05, 0) is 57.9 Å². The highest BCUT2D eigenvalue weighted by Gasteiger charge is 2.16. The summed E-state index contributed by atoms with van der Waals surface area (Å²) in [4.78, 5) is 25.6. The Morgan fingerprint density at radius 3 is 2.12 bits per heavy atom. The molecule has 0 aliphatic carbocycles. The second-order valence-electron chi connectivity index (χ2n) is 7.45. The van der Waals surface area contributed by atoms with Gasteiger partial charge in [0.15, 0.2) is 0 Å². The number of likely N-dealkylation sites (N-methyl/N-ethyl adjacent to an activating group) is 1. The molecule has 0 fully saturated rings. The average molecular weight is 333 g/mol. The summed E-state index contributed by atoms with van der Waals surface area (Å²) in [6.07, 6.45) is 1.09. The Hall–Kier alpha value is -1.88. The zero-order valence-electron chi connectivity index (χ0n) is 15.8. The maximum Gasteiger partial charge on any atom is 0.238 e. The number of hydrogen-bond acceptors (Lipinski definition) is 3. The van der Waals surface area contributed by atoms with E-state index in [4.69, 9.17) is 0 Å². The van der Waals surface area contributed by atoms with Gasteiger partial charge in [-0.2, -0.15) is 0 Å². The molecule has 0 heterocycles. The molecule has 0 aliphatic rings. The first-order valence-electron chi connectivity index (χ1n) is 8.50. The van der Waals surface area contributed by atoms with Crippen LogP contribution in [0.1, 0.15) is 52.5 Å². The molecule has 0 unspecified atom stereocenters. The van der Waals surface area contributed by atoms with Crippen LogP contribution in [0.15, 0.2) is 24.3 Å². The second kappa shape index (κ2) is 8.83. The third-order valence-corrected chi connectivity index (χ3v) is 3.72. The van der Waals surface area contributed by atoms with Gasteiger partial charge in [0.2, 0.25) is 11.8 Å². The third kappa shape index (κ3) is 7.59. The SMILES string of the molecule is CC[C@H](C)c1ccc(NC(=O)CN(C)CC(=O)NC(C)(C)C)cc1. The summed E-state index contributed by atoms with van der Waals surface area (Å²) in [7, 11) is 1.76. The fourth-order valence-corrected chi connectivity index (χ4v) is 2.34. The van der Waals surface area contributed by atoms with Crippen LogP contribution in [-0.2, 0) is 9.59 Å². The van der Waals surface area contributed by atoms with E-state index in [1.807, 2.05) is 45.0 Å². The lowest BCUT2D eigenvalue weighted by Gasteiger charge is -2.23. The Morgan fingerprint density at radius 1 is 1.08 bits per heavy atom. The van der Waals surface area contributed by atoms with E-state index in [1.165, 1.54) is 5.56 Å². The monoisotopic (exact) mass is 333 g/mol. The molecule has 1 aromatic carbocycles. The number of rotatable bonds is 7. The van der Waals surface area contributed by atoms with Gasteiger partial charge in [0.25, 0.3) is 0 Å². The minimum atomic E-state index is -0.266. The first-order chi connectivity index (χ1) is 11.1. The molecule has 24 heavy (non-hydrogen) atoms. The fourth-order valence-electron chi connectivity index (χ4n) is 2.34. The van der Waals surface area contributed by atoms with Gasteiger partial charge in [0, 0.05) is 11.2 Å². The van der Waals surface area contributed by atoms with Gasteiger partial charge in [-0.1, -0.05) is 26.0 Å². The Labute approximate surface area is 145 Å². The number of carbonyl (C=O) groups is 2. The molecule has 134 valence electrons. The molecule has 2 amide bonds. The van der Waals surface area contributed by atoms with E-state index in [0.29, 0.717) is 5.92 Å². The van der Waals surface area contributed by atoms with E-state index in [-0.39, 0.29) is 30.4 Å². The third-order valence-electron chi connectivity index (χ3n) is 3.72. The van der Waals surface area contributed by atoms with Crippen molar-refractivity contribution in [2.24, 2.45) is 0 Å². The summed E-state index contributed by atoms with van der Waals surface area (Å²) >= 11 is 0. The summed E-state index contributed by atoms with van der Waals surface area (Å²) in [6, 6.07) is 7.94. The molecule has 0 bridgehead atoms. The highest BCUT2D eigenvalue weighted by atomic mass is 16.2. The molecule has 0 aromatic heterocycles. The largest absolute Gasteiger partial charge is 0.350 e. The predicted octanol–water partition coefficient (Wildman–Crippen LogP) is 2.99. The van der Waals surface area contributed by atoms with Crippen molar-refractivity contribution in [3.05, 3.63) is 29.8 Å². The van der Waals surface area contributed by atoms with Crippen LogP contribution in [0.4, 0.5) is 5.69 Å². The average Bonchev–Trinajstić information content (AvgIpc) is 2.44. The number of amides is 2. The first kappa shape index (κ1) is 20.2. The Bertz CT molecular complexity index is 547. The molecule has 1 atom stereocenters. The van der Waals surface area contributed by atoms with E-state index in [9.17, 15) is 9.59 Å². The van der Waals surface area contributed by atoms with E-state index in [1.54, 1.807) is 11.9 Å². The lowest BCUT2D eigenvalue weighted by Crippen LogP contribution is -2.46. The molecule has 5 heteroatoms. The lowest BCUT2D eigenvalue weighted by molar-refractivity contribution is -0.124. The van der Waals surface area contributed by atoms with Gasteiger partial charge in [0.05, 0.1) is 13.1 Å². The molecule has 0 aliphatic heterocycles. The molecule has 0 radical (unpaired) electrons. The standard InChI is InChI=1S/C19H31N3O2/c1-7-14(2)15-8-10-16(11-9-15)20-17(23)12-22(6)13-18(24)21-19(3,4)5/h8-11,14H,7,12-13H2,1-6H3,(H,20,23)(H,21,24)/t14-/m0/s1. The van der Waals surface area contributed by atoms with Crippen LogP contribution in [0.3, 0.4) is 0 Å². The van der Waals surface area contributed by atoms with Crippen molar-refractivity contribution in [2.75, 3.05) is 25.5 Å². The van der Waals surface area contributed by atoms with E-state index < -0.39 is 0 Å². The number of hydrogen-bond donors (Lipinski definition) is 2. The van der Waals surface area contributed by atoms with E-state index in [2.05, 4.69) is 24.5 Å². The molecule has 0 saturated carbocycles.